The molecule has 4 heteroatoms. The summed E-state index contributed by atoms with van der Waals surface area (Å²) in [5.74, 6) is 0.674. The van der Waals surface area contributed by atoms with Crippen LogP contribution in [0.3, 0.4) is 0 Å². The van der Waals surface area contributed by atoms with E-state index in [1.54, 1.807) is 24.3 Å². The van der Waals surface area contributed by atoms with Gasteiger partial charge in [0.1, 0.15) is 17.2 Å². The van der Waals surface area contributed by atoms with Crippen molar-refractivity contribution in [3.8, 4) is 28.4 Å². The predicted octanol–water partition coefficient (Wildman–Crippen LogP) is 2.36. The molecule has 0 unspecified atom stereocenters. The minimum absolute atomic E-state index is 0.0849. The van der Waals surface area contributed by atoms with Crippen LogP contribution in [0.15, 0.2) is 30.3 Å². The van der Waals surface area contributed by atoms with Gasteiger partial charge in [-0.15, -0.1) is 0 Å². The number of benzene rings is 2. The molecule has 0 heterocycles. The Bertz CT molecular complexity index is 649. The Labute approximate surface area is 110 Å². The number of rotatable bonds is 1. The van der Waals surface area contributed by atoms with E-state index in [0.717, 1.165) is 11.1 Å². The summed E-state index contributed by atoms with van der Waals surface area (Å²) in [6.07, 6.45) is -0.308. The Morgan fingerprint density at radius 1 is 1.16 bits per heavy atom. The number of aliphatic hydroxyl groups is 1. The molecule has 0 aliphatic heterocycles. The fourth-order valence-electron chi connectivity index (χ4n) is 2.69. The molecule has 3 N–H and O–H groups in total. The van der Waals surface area contributed by atoms with Crippen LogP contribution in [0, 0.1) is 0 Å². The number of aliphatic hydroxyl groups excluding tert-OH is 1. The van der Waals surface area contributed by atoms with E-state index >= 15 is 0 Å². The molecular formula is C15H14O4. The highest BCUT2D eigenvalue weighted by Crippen LogP contribution is 2.48. The number of ether oxygens (including phenoxy) is 1. The lowest BCUT2D eigenvalue weighted by molar-refractivity contribution is 0.176. The molecule has 98 valence electrons. The maximum Gasteiger partial charge on any atom is 0.130 e. The molecule has 19 heavy (non-hydrogen) atoms. The number of aromatic hydroxyl groups is 2. The van der Waals surface area contributed by atoms with Crippen molar-refractivity contribution in [1.29, 1.82) is 0 Å². The quantitative estimate of drug-likeness (QED) is 0.734. The first-order valence-electron chi connectivity index (χ1n) is 6.02. The molecule has 0 radical (unpaired) electrons. The number of phenolic OH excluding ortho intramolecular Hbond substituents is 2. The normalized spacial score (nSPS) is 16.6. The Balaban J connectivity index is 2.37. The van der Waals surface area contributed by atoms with Crippen molar-refractivity contribution in [3.63, 3.8) is 0 Å². The Morgan fingerprint density at radius 3 is 2.68 bits per heavy atom. The average Bonchev–Trinajstić information content (AvgIpc) is 2.38. The SMILES string of the molecule is COc1cc(O)cc2c1-c1c(O)cccc1[C@@H](O)C2. The number of hydrogen-bond donors (Lipinski definition) is 3. The van der Waals surface area contributed by atoms with Gasteiger partial charge in [0, 0.05) is 23.6 Å². The molecule has 1 aliphatic carbocycles. The Morgan fingerprint density at radius 2 is 1.95 bits per heavy atom. The van der Waals surface area contributed by atoms with E-state index in [1.807, 2.05) is 0 Å². The fraction of sp³-hybridized carbons (Fsp3) is 0.200. The van der Waals surface area contributed by atoms with Crippen LogP contribution >= 0.6 is 0 Å². The van der Waals surface area contributed by atoms with Gasteiger partial charge in [0.15, 0.2) is 0 Å². The van der Waals surface area contributed by atoms with Gasteiger partial charge >= 0.3 is 0 Å². The summed E-state index contributed by atoms with van der Waals surface area (Å²) in [6, 6.07) is 8.17. The summed E-state index contributed by atoms with van der Waals surface area (Å²) >= 11 is 0. The van der Waals surface area contributed by atoms with Gasteiger partial charge in [0.05, 0.1) is 13.2 Å². The van der Waals surface area contributed by atoms with E-state index in [1.165, 1.54) is 13.2 Å². The molecule has 0 amide bonds. The van der Waals surface area contributed by atoms with Crippen molar-refractivity contribution in [2.45, 2.75) is 12.5 Å². The van der Waals surface area contributed by atoms with E-state index in [-0.39, 0.29) is 11.5 Å². The molecule has 2 aromatic carbocycles. The molecule has 1 aliphatic rings. The van der Waals surface area contributed by atoms with Crippen molar-refractivity contribution in [2.24, 2.45) is 0 Å². The highest BCUT2D eigenvalue weighted by Gasteiger charge is 2.28. The topological polar surface area (TPSA) is 69.9 Å². The standard InChI is InChI=1S/C15H14O4/c1-19-13-7-9(16)5-8-6-12(18)10-3-2-4-11(17)15(10)14(8)13/h2-5,7,12,16-18H,6H2,1H3/t12-/m0/s1. The lowest BCUT2D eigenvalue weighted by Crippen LogP contribution is -2.11. The molecule has 3 rings (SSSR count). The minimum Gasteiger partial charge on any atom is -0.508 e. The van der Waals surface area contributed by atoms with Gasteiger partial charge in [-0.3, -0.25) is 0 Å². The second kappa shape index (κ2) is 4.17. The predicted molar refractivity (Wildman–Crippen MR) is 70.4 cm³/mol. The van der Waals surface area contributed by atoms with Gasteiger partial charge in [0.25, 0.3) is 0 Å². The summed E-state index contributed by atoms with van der Waals surface area (Å²) in [6.45, 7) is 0. The minimum atomic E-state index is -0.693. The van der Waals surface area contributed by atoms with E-state index < -0.39 is 6.10 Å². The van der Waals surface area contributed by atoms with Crippen LogP contribution in [-0.4, -0.2) is 22.4 Å². The monoisotopic (exact) mass is 258 g/mol. The van der Waals surface area contributed by atoms with Crippen LogP contribution in [0.25, 0.3) is 11.1 Å². The molecule has 1 atom stereocenters. The number of phenols is 2. The second-order valence-electron chi connectivity index (χ2n) is 4.64. The van der Waals surface area contributed by atoms with E-state index in [9.17, 15) is 15.3 Å². The lowest BCUT2D eigenvalue weighted by Gasteiger charge is -2.26. The molecule has 0 saturated carbocycles. The van der Waals surface area contributed by atoms with Crippen LogP contribution < -0.4 is 4.74 Å². The first kappa shape index (κ1) is 11.9. The average molecular weight is 258 g/mol. The Hall–Kier alpha value is -2.20. The van der Waals surface area contributed by atoms with Gasteiger partial charge < -0.3 is 20.1 Å². The number of hydrogen-bond acceptors (Lipinski definition) is 4. The smallest absolute Gasteiger partial charge is 0.130 e. The van der Waals surface area contributed by atoms with Crippen LogP contribution in [0.5, 0.6) is 17.2 Å². The maximum absolute atomic E-state index is 10.2. The highest BCUT2D eigenvalue weighted by molar-refractivity contribution is 5.84. The first-order chi connectivity index (χ1) is 9.11. The second-order valence-corrected chi connectivity index (χ2v) is 4.64. The molecule has 0 saturated heterocycles. The number of methoxy groups -OCH3 is 1. The summed E-state index contributed by atoms with van der Waals surface area (Å²) < 4.78 is 5.29. The third-order valence-electron chi connectivity index (χ3n) is 3.49. The third kappa shape index (κ3) is 1.72. The van der Waals surface area contributed by atoms with E-state index in [2.05, 4.69) is 0 Å². The third-order valence-corrected chi connectivity index (χ3v) is 3.49. The van der Waals surface area contributed by atoms with Gasteiger partial charge in [-0.25, -0.2) is 0 Å². The molecule has 4 nitrogen and oxygen atoms in total. The first-order valence-corrected chi connectivity index (χ1v) is 6.02. The largest absolute Gasteiger partial charge is 0.508 e. The van der Waals surface area contributed by atoms with Crippen LogP contribution in [-0.2, 0) is 6.42 Å². The lowest BCUT2D eigenvalue weighted by atomic mass is 9.82. The van der Waals surface area contributed by atoms with Gasteiger partial charge in [-0.2, -0.15) is 0 Å². The summed E-state index contributed by atoms with van der Waals surface area (Å²) in [4.78, 5) is 0. The molecule has 0 fully saturated rings. The van der Waals surface area contributed by atoms with Gasteiger partial charge in [-0.1, -0.05) is 12.1 Å². The van der Waals surface area contributed by atoms with Crippen LogP contribution in [0.2, 0.25) is 0 Å². The molecule has 0 spiro atoms. The molecule has 0 bridgehead atoms. The summed E-state index contributed by atoms with van der Waals surface area (Å²) in [7, 11) is 1.51. The van der Waals surface area contributed by atoms with Gasteiger partial charge in [-0.05, 0) is 23.3 Å². The van der Waals surface area contributed by atoms with Crippen molar-refractivity contribution < 1.29 is 20.1 Å². The maximum atomic E-state index is 10.2. The Kier molecular flexibility index (Phi) is 2.61. The zero-order chi connectivity index (χ0) is 13.6. The highest BCUT2D eigenvalue weighted by atomic mass is 16.5. The van der Waals surface area contributed by atoms with E-state index in [0.29, 0.717) is 23.3 Å². The zero-order valence-corrected chi connectivity index (χ0v) is 10.4. The van der Waals surface area contributed by atoms with Crippen LogP contribution in [0.4, 0.5) is 0 Å². The van der Waals surface area contributed by atoms with Crippen molar-refractivity contribution in [2.75, 3.05) is 7.11 Å². The van der Waals surface area contributed by atoms with Crippen molar-refractivity contribution in [1.82, 2.24) is 0 Å². The van der Waals surface area contributed by atoms with Crippen molar-refractivity contribution >= 4 is 0 Å². The van der Waals surface area contributed by atoms with Crippen LogP contribution in [0.1, 0.15) is 17.2 Å². The summed E-state index contributed by atoms with van der Waals surface area (Å²) in [5.41, 5.74) is 2.75. The van der Waals surface area contributed by atoms with Gasteiger partial charge in [0.2, 0.25) is 0 Å². The zero-order valence-electron chi connectivity index (χ0n) is 10.4. The summed E-state index contributed by atoms with van der Waals surface area (Å²) in [5, 5.41) is 29.9. The fourth-order valence-corrected chi connectivity index (χ4v) is 2.69. The molecule has 2 aromatic rings. The molecule has 0 aromatic heterocycles. The number of fused-ring (bicyclic) bond motifs is 3. The molecular weight excluding hydrogens is 244 g/mol. The van der Waals surface area contributed by atoms with Crippen molar-refractivity contribution in [3.05, 3.63) is 41.5 Å². The van der Waals surface area contributed by atoms with E-state index in [4.69, 9.17) is 4.74 Å².